The predicted molar refractivity (Wildman–Crippen MR) is 97.8 cm³/mol. The number of benzene rings is 1. The van der Waals surface area contributed by atoms with Crippen LogP contribution in [0, 0.1) is 5.82 Å². The van der Waals surface area contributed by atoms with E-state index >= 15 is 0 Å². The van der Waals surface area contributed by atoms with Gasteiger partial charge in [-0.25, -0.2) is 12.8 Å². The van der Waals surface area contributed by atoms with Crippen molar-refractivity contribution in [3.8, 4) is 11.3 Å². The van der Waals surface area contributed by atoms with Crippen LogP contribution in [-0.4, -0.2) is 63.0 Å². The molecule has 27 heavy (non-hydrogen) atoms. The topological polar surface area (TPSA) is 72.0 Å². The Morgan fingerprint density at radius 3 is 2.44 bits per heavy atom. The highest BCUT2D eigenvalue weighted by atomic mass is 32.2. The average molecular weight is 393 g/mol. The van der Waals surface area contributed by atoms with E-state index in [2.05, 4.69) is 0 Å². The van der Waals surface area contributed by atoms with Gasteiger partial charge in [-0.05, 0) is 36.4 Å². The second-order valence-corrected chi connectivity index (χ2v) is 9.45. The van der Waals surface area contributed by atoms with Gasteiger partial charge in [-0.1, -0.05) is 0 Å². The summed E-state index contributed by atoms with van der Waals surface area (Å²) in [6, 6.07) is 9.44. The van der Waals surface area contributed by atoms with E-state index in [1.165, 1.54) is 17.0 Å². The van der Waals surface area contributed by atoms with Crippen molar-refractivity contribution in [2.75, 3.05) is 37.7 Å². The van der Waals surface area contributed by atoms with Crippen molar-refractivity contribution >= 4 is 15.7 Å². The molecule has 2 aliphatic rings. The molecule has 4 rings (SSSR count). The van der Waals surface area contributed by atoms with Crippen LogP contribution in [0.2, 0.25) is 0 Å². The summed E-state index contributed by atoms with van der Waals surface area (Å²) in [6.07, 6.45) is 0.713. The van der Waals surface area contributed by atoms with Crippen LogP contribution in [0.15, 0.2) is 40.8 Å². The Labute approximate surface area is 157 Å². The summed E-state index contributed by atoms with van der Waals surface area (Å²) in [4.78, 5) is 15.7. The largest absolute Gasteiger partial charge is 0.451 e. The molecular formula is C19H22FN2O4S+. The fourth-order valence-corrected chi connectivity index (χ4v) is 5.73. The zero-order valence-electron chi connectivity index (χ0n) is 14.9. The third-order valence-electron chi connectivity index (χ3n) is 5.45. The summed E-state index contributed by atoms with van der Waals surface area (Å²) in [5.41, 5.74) is 0.715. The minimum absolute atomic E-state index is 0.154. The number of carbonyl (C=O) groups is 1. The second kappa shape index (κ2) is 7.09. The van der Waals surface area contributed by atoms with E-state index in [1.54, 1.807) is 29.2 Å². The van der Waals surface area contributed by atoms with Crippen molar-refractivity contribution in [3.63, 3.8) is 0 Å². The maximum absolute atomic E-state index is 13.0. The van der Waals surface area contributed by atoms with Gasteiger partial charge in [-0.2, -0.15) is 0 Å². The van der Waals surface area contributed by atoms with E-state index in [-0.39, 0.29) is 35.0 Å². The number of nitrogens with zero attached hydrogens (tertiary/aromatic N) is 1. The van der Waals surface area contributed by atoms with Crippen molar-refractivity contribution in [2.24, 2.45) is 0 Å². The normalized spacial score (nSPS) is 22.9. The highest BCUT2D eigenvalue weighted by Gasteiger charge is 2.37. The average Bonchev–Trinajstić information content (AvgIpc) is 3.29. The number of hydrogen-bond acceptors (Lipinski definition) is 4. The Kier molecular flexibility index (Phi) is 4.77. The smallest absolute Gasteiger partial charge is 0.289 e. The van der Waals surface area contributed by atoms with Crippen LogP contribution in [0.4, 0.5) is 4.39 Å². The van der Waals surface area contributed by atoms with Crippen LogP contribution >= 0.6 is 0 Å². The molecule has 1 aromatic carbocycles. The van der Waals surface area contributed by atoms with Gasteiger partial charge >= 0.3 is 0 Å². The van der Waals surface area contributed by atoms with E-state index in [1.807, 2.05) is 0 Å². The molecular weight excluding hydrogens is 371 g/mol. The molecule has 0 radical (unpaired) electrons. The molecule has 2 saturated heterocycles. The first-order valence-electron chi connectivity index (χ1n) is 9.11. The van der Waals surface area contributed by atoms with Crippen molar-refractivity contribution in [3.05, 3.63) is 48.0 Å². The van der Waals surface area contributed by atoms with E-state index in [4.69, 9.17) is 4.42 Å². The van der Waals surface area contributed by atoms with Gasteiger partial charge in [0.25, 0.3) is 5.91 Å². The molecule has 6 nitrogen and oxygen atoms in total. The Morgan fingerprint density at radius 2 is 1.81 bits per heavy atom. The van der Waals surface area contributed by atoms with Crippen molar-refractivity contribution in [2.45, 2.75) is 12.5 Å². The van der Waals surface area contributed by atoms with Crippen LogP contribution < -0.4 is 4.90 Å². The van der Waals surface area contributed by atoms with Gasteiger partial charge in [0.05, 0.1) is 31.9 Å². The third-order valence-corrected chi connectivity index (χ3v) is 7.22. The van der Waals surface area contributed by atoms with E-state index in [9.17, 15) is 17.6 Å². The zero-order valence-corrected chi connectivity index (χ0v) is 15.7. The SMILES string of the molecule is O=C(c1ccc(-c2ccc(F)cc2)o1)N1CC[NH+]([C@H]2CCS(=O)(=O)C2)CC1. The molecule has 8 heteroatoms. The predicted octanol–water partition coefficient (Wildman–Crippen LogP) is 0.613. The van der Waals surface area contributed by atoms with Crippen LogP contribution in [0.1, 0.15) is 17.0 Å². The number of nitrogens with one attached hydrogen (secondary N) is 1. The summed E-state index contributed by atoms with van der Waals surface area (Å²) >= 11 is 0. The summed E-state index contributed by atoms with van der Waals surface area (Å²) in [7, 11) is -2.88. The summed E-state index contributed by atoms with van der Waals surface area (Å²) < 4.78 is 42.1. The number of rotatable bonds is 3. The summed E-state index contributed by atoms with van der Waals surface area (Å²) in [6.45, 7) is 2.66. The van der Waals surface area contributed by atoms with E-state index < -0.39 is 9.84 Å². The quantitative estimate of drug-likeness (QED) is 0.830. The lowest BCUT2D eigenvalue weighted by molar-refractivity contribution is -0.925. The van der Waals surface area contributed by atoms with Gasteiger partial charge in [0, 0.05) is 12.0 Å². The molecule has 0 bridgehead atoms. The molecule has 1 aromatic heterocycles. The molecule has 2 fully saturated rings. The number of quaternary nitrogens is 1. The Morgan fingerprint density at radius 1 is 1.11 bits per heavy atom. The van der Waals surface area contributed by atoms with E-state index in [0.717, 1.165) is 13.1 Å². The Bertz CT molecular complexity index is 931. The molecule has 0 unspecified atom stereocenters. The minimum Gasteiger partial charge on any atom is -0.451 e. The van der Waals surface area contributed by atoms with Crippen molar-refractivity contribution < 1.29 is 26.9 Å². The molecule has 144 valence electrons. The first-order chi connectivity index (χ1) is 12.9. The molecule has 1 amide bonds. The first-order valence-corrected chi connectivity index (χ1v) is 10.9. The first kappa shape index (κ1) is 18.2. The van der Waals surface area contributed by atoms with Gasteiger partial charge < -0.3 is 14.2 Å². The van der Waals surface area contributed by atoms with Crippen molar-refractivity contribution in [1.29, 1.82) is 0 Å². The molecule has 0 saturated carbocycles. The van der Waals surface area contributed by atoms with Gasteiger partial charge in [0.1, 0.15) is 23.4 Å². The molecule has 3 heterocycles. The number of amides is 1. The van der Waals surface area contributed by atoms with Crippen LogP contribution in [0.25, 0.3) is 11.3 Å². The maximum atomic E-state index is 13.0. The number of hydrogen-bond donors (Lipinski definition) is 1. The highest BCUT2D eigenvalue weighted by Crippen LogP contribution is 2.23. The maximum Gasteiger partial charge on any atom is 0.289 e. The molecule has 2 aromatic rings. The molecule has 1 N–H and O–H groups in total. The number of halogens is 1. The Hall–Kier alpha value is -2.19. The summed E-state index contributed by atoms with van der Waals surface area (Å²) in [5, 5.41) is 0. The fourth-order valence-electron chi connectivity index (χ4n) is 3.90. The molecule has 0 aliphatic carbocycles. The highest BCUT2D eigenvalue weighted by molar-refractivity contribution is 7.91. The van der Waals surface area contributed by atoms with Crippen LogP contribution in [0.3, 0.4) is 0 Å². The lowest BCUT2D eigenvalue weighted by Crippen LogP contribution is -3.18. The minimum atomic E-state index is -2.88. The van der Waals surface area contributed by atoms with Gasteiger partial charge in [0.15, 0.2) is 15.6 Å². The fraction of sp³-hybridized carbons (Fsp3) is 0.421. The third kappa shape index (κ3) is 3.91. The van der Waals surface area contributed by atoms with Gasteiger partial charge in [-0.3, -0.25) is 4.79 Å². The molecule has 1 atom stereocenters. The lowest BCUT2D eigenvalue weighted by atomic mass is 10.2. The number of carbonyl (C=O) groups excluding carboxylic acids is 1. The standard InChI is InChI=1S/C19H21FN2O4S/c20-15-3-1-14(2-4-15)17-5-6-18(26-17)19(23)22-10-8-21(9-11-22)16-7-12-27(24,25)13-16/h1-6,16H,7-13H2/p+1/t16-/m0/s1. The number of furan rings is 1. The lowest BCUT2D eigenvalue weighted by Gasteiger charge is -2.34. The van der Waals surface area contributed by atoms with Crippen LogP contribution in [-0.2, 0) is 9.84 Å². The van der Waals surface area contributed by atoms with Gasteiger partial charge in [-0.15, -0.1) is 0 Å². The monoisotopic (exact) mass is 393 g/mol. The molecule has 0 spiro atoms. The van der Waals surface area contributed by atoms with Gasteiger partial charge in [0.2, 0.25) is 0 Å². The molecule has 2 aliphatic heterocycles. The van der Waals surface area contributed by atoms with Crippen LogP contribution in [0.5, 0.6) is 0 Å². The van der Waals surface area contributed by atoms with Crippen molar-refractivity contribution in [1.82, 2.24) is 4.90 Å². The zero-order chi connectivity index (χ0) is 19.0. The second-order valence-electron chi connectivity index (χ2n) is 7.22. The number of piperazine rings is 1. The summed E-state index contributed by atoms with van der Waals surface area (Å²) in [5.74, 6) is 0.844. The van der Waals surface area contributed by atoms with E-state index in [0.29, 0.717) is 30.8 Å². The Balaban J connectivity index is 1.38. The number of sulfone groups is 1.